The average molecular weight is 523 g/mol. The molecule has 3 aromatic rings. The van der Waals surface area contributed by atoms with Gasteiger partial charge in [-0.3, -0.25) is 19.8 Å². The quantitative estimate of drug-likeness (QED) is 0.260. The van der Waals surface area contributed by atoms with E-state index >= 15 is 0 Å². The average Bonchev–Trinajstić information content (AvgIpc) is 3.03. The van der Waals surface area contributed by atoms with E-state index < -0.39 is 17.6 Å². The molecular weight excluding hydrogens is 508 g/mol. The molecule has 1 aliphatic heterocycles. The summed E-state index contributed by atoms with van der Waals surface area (Å²) in [4.78, 5) is 27.0. The number of halogens is 4. The fraction of sp³-hybridized carbons (Fsp3) is 0.0870. The molecule has 0 spiro atoms. The highest BCUT2D eigenvalue weighted by atomic mass is 35.5. The third kappa shape index (κ3) is 4.29. The number of thiocarbonyl (C=S) groups is 1. The molecule has 4 rings (SSSR count). The number of nitrogens with one attached hydrogen (secondary N) is 1. The van der Waals surface area contributed by atoms with Gasteiger partial charge in [0.05, 0.1) is 20.8 Å². The molecule has 1 aromatic heterocycles. The van der Waals surface area contributed by atoms with E-state index in [1.807, 2.05) is 30.5 Å². The molecule has 1 saturated heterocycles. The van der Waals surface area contributed by atoms with E-state index in [1.54, 1.807) is 12.1 Å². The van der Waals surface area contributed by atoms with Gasteiger partial charge in [0, 0.05) is 17.1 Å². The zero-order valence-corrected chi connectivity index (χ0v) is 20.3. The first-order chi connectivity index (χ1) is 15.6. The molecule has 5 nitrogen and oxygen atoms in total. The number of aryl methyl sites for hydroxylation is 1. The summed E-state index contributed by atoms with van der Waals surface area (Å²) < 4.78 is 15.5. The Labute approximate surface area is 209 Å². The molecule has 1 fully saturated rings. The molecule has 2 heterocycles. The number of anilines is 1. The van der Waals surface area contributed by atoms with E-state index in [4.69, 9.17) is 47.0 Å². The number of nitrogens with zero attached hydrogens (tertiary/aromatic N) is 2. The zero-order chi connectivity index (χ0) is 24.0. The van der Waals surface area contributed by atoms with Crippen LogP contribution in [0.5, 0.6) is 0 Å². The Bertz CT molecular complexity index is 1380. The molecule has 0 aliphatic carbocycles. The molecule has 0 saturated carbocycles. The molecule has 2 amide bonds. The lowest BCUT2D eigenvalue weighted by Gasteiger charge is -2.29. The molecule has 2 aromatic carbocycles. The predicted octanol–water partition coefficient (Wildman–Crippen LogP) is 6.02. The molecule has 168 valence electrons. The molecule has 0 bridgehead atoms. The van der Waals surface area contributed by atoms with Crippen LogP contribution in [0.4, 0.5) is 10.1 Å². The second-order valence-corrected chi connectivity index (χ2v) is 8.92. The standard InChI is InChI=1S/C23H15Cl3FN3O2S/c1-11-7-13(12(2)29(11)14-3-5-17(24)18(25)9-14)8-16-21(31)28-23(33)30(22(16)32)15-4-6-20(27)19(26)10-15/h3-10H,1-2H3,(H,28,31,33)/b16-8-. The Morgan fingerprint density at radius 3 is 2.27 bits per heavy atom. The van der Waals surface area contributed by atoms with Crippen molar-refractivity contribution in [3.05, 3.63) is 85.9 Å². The number of hydrogen-bond acceptors (Lipinski definition) is 3. The number of carbonyl (C=O) groups excluding carboxylic acids is 2. The van der Waals surface area contributed by atoms with Crippen LogP contribution in [0.3, 0.4) is 0 Å². The molecule has 10 heteroatoms. The van der Waals surface area contributed by atoms with Crippen molar-refractivity contribution in [3.63, 3.8) is 0 Å². The molecule has 0 unspecified atom stereocenters. The third-order valence-corrected chi connectivity index (χ3v) is 6.51. The molecule has 33 heavy (non-hydrogen) atoms. The van der Waals surface area contributed by atoms with Crippen LogP contribution >= 0.6 is 47.0 Å². The summed E-state index contributed by atoms with van der Waals surface area (Å²) in [5.41, 5.74) is 3.19. The Morgan fingerprint density at radius 1 is 0.939 bits per heavy atom. The lowest BCUT2D eigenvalue weighted by atomic mass is 10.1. The molecule has 0 atom stereocenters. The van der Waals surface area contributed by atoms with Crippen LogP contribution in [-0.2, 0) is 9.59 Å². The summed E-state index contributed by atoms with van der Waals surface area (Å²) in [6.45, 7) is 3.75. The van der Waals surface area contributed by atoms with Gasteiger partial charge in [0.15, 0.2) is 5.11 Å². The summed E-state index contributed by atoms with van der Waals surface area (Å²) in [5, 5.41) is 3.06. The maximum absolute atomic E-state index is 13.6. The SMILES string of the molecule is Cc1cc(/C=C2/C(=O)NC(=S)N(c3ccc(F)c(Cl)c3)C2=O)c(C)n1-c1ccc(Cl)c(Cl)c1. The van der Waals surface area contributed by atoms with Gasteiger partial charge in [-0.25, -0.2) is 4.39 Å². The van der Waals surface area contributed by atoms with Crippen LogP contribution in [0.1, 0.15) is 17.0 Å². The number of rotatable bonds is 3. The summed E-state index contributed by atoms with van der Waals surface area (Å²) in [5.74, 6) is -1.91. The van der Waals surface area contributed by atoms with E-state index in [0.29, 0.717) is 15.6 Å². The van der Waals surface area contributed by atoms with Crippen molar-refractivity contribution in [2.24, 2.45) is 0 Å². The van der Waals surface area contributed by atoms with E-state index in [2.05, 4.69) is 5.32 Å². The van der Waals surface area contributed by atoms with Crippen LogP contribution in [0, 0.1) is 19.7 Å². The largest absolute Gasteiger partial charge is 0.318 e. The monoisotopic (exact) mass is 521 g/mol. The second-order valence-electron chi connectivity index (χ2n) is 7.32. The highest BCUT2D eigenvalue weighted by Crippen LogP contribution is 2.30. The first-order valence-corrected chi connectivity index (χ1v) is 11.1. The van der Waals surface area contributed by atoms with Gasteiger partial charge in [-0.2, -0.15) is 0 Å². The van der Waals surface area contributed by atoms with Gasteiger partial charge in [-0.1, -0.05) is 34.8 Å². The van der Waals surface area contributed by atoms with E-state index in [1.165, 1.54) is 18.2 Å². The van der Waals surface area contributed by atoms with Crippen LogP contribution in [-0.4, -0.2) is 21.5 Å². The lowest BCUT2D eigenvalue weighted by molar-refractivity contribution is -0.122. The van der Waals surface area contributed by atoms with Crippen molar-refractivity contribution in [1.82, 2.24) is 9.88 Å². The van der Waals surface area contributed by atoms with E-state index in [0.717, 1.165) is 28.0 Å². The predicted molar refractivity (Wildman–Crippen MR) is 133 cm³/mol. The number of carbonyl (C=O) groups is 2. The van der Waals surface area contributed by atoms with Crippen LogP contribution in [0.15, 0.2) is 48.0 Å². The zero-order valence-electron chi connectivity index (χ0n) is 17.2. The molecular formula is C23H15Cl3FN3O2S. The Morgan fingerprint density at radius 2 is 1.61 bits per heavy atom. The topological polar surface area (TPSA) is 54.3 Å². The number of aromatic nitrogens is 1. The van der Waals surface area contributed by atoms with Gasteiger partial charge >= 0.3 is 0 Å². The van der Waals surface area contributed by atoms with Crippen molar-refractivity contribution >= 4 is 75.7 Å². The maximum atomic E-state index is 13.6. The summed E-state index contributed by atoms with van der Waals surface area (Å²) in [6, 6.07) is 10.8. The fourth-order valence-electron chi connectivity index (χ4n) is 3.63. The smallest absolute Gasteiger partial charge is 0.270 e. The number of benzene rings is 2. The van der Waals surface area contributed by atoms with Gasteiger partial charge in [-0.05, 0) is 80.2 Å². The first-order valence-electron chi connectivity index (χ1n) is 9.59. The minimum atomic E-state index is -0.647. The summed E-state index contributed by atoms with van der Waals surface area (Å²) in [7, 11) is 0. The molecule has 1 aliphatic rings. The van der Waals surface area contributed by atoms with Crippen LogP contribution in [0.2, 0.25) is 15.1 Å². The van der Waals surface area contributed by atoms with Crippen LogP contribution in [0.25, 0.3) is 11.8 Å². The van der Waals surface area contributed by atoms with Gasteiger partial charge in [0.25, 0.3) is 11.8 Å². The van der Waals surface area contributed by atoms with Crippen molar-refractivity contribution in [2.45, 2.75) is 13.8 Å². The minimum absolute atomic E-state index is 0.119. The van der Waals surface area contributed by atoms with E-state index in [9.17, 15) is 14.0 Å². The number of amides is 2. The highest BCUT2D eigenvalue weighted by molar-refractivity contribution is 7.80. The van der Waals surface area contributed by atoms with Crippen molar-refractivity contribution in [3.8, 4) is 5.69 Å². The van der Waals surface area contributed by atoms with E-state index in [-0.39, 0.29) is 21.4 Å². The highest BCUT2D eigenvalue weighted by Gasteiger charge is 2.35. The van der Waals surface area contributed by atoms with Gasteiger partial charge in [0.2, 0.25) is 0 Å². The van der Waals surface area contributed by atoms with Crippen molar-refractivity contribution in [1.29, 1.82) is 0 Å². The van der Waals surface area contributed by atoms with Gasteiger partial charge < -0.3 is 4.57 Å². The lowest BCUT2D eigenvalue weighted by Crippen LogP contribution is -2.54. The van der Waals surface area contributed by atoms with Gasteiger partial charge in [0.1, 0.15) is 11.4 Å². The van der Waals surface area contributed by atoms with Crippen LogP contribution < -0.4 is 10.2 Å². The molecule has 1 N–H and O–H groups in total. The third-order valence-electron chi connectivity index (χ3n) is 5.19. The first kappa shape index (κ1) is 23.4. The van der Waals surface area contributed by atoms with Crippen molar-refractivity contribution < 1.29 is 14.0 Å². The Kier molecular flexibility index (Phi) is 6.33. The fourth-order valence-corrected chi connectivity index (χ4v) is 4.37. The summed E-state index contributed by atoms with van der Waals surface area (Å²) >= 11 is 23.2. The Hall–Kier alpha value is -2.71. The number of hydrogen-bond donors (Lipinski definition) is 1. The summed E-state index contributed by atoms with van der Waals surface area (Å²) in [6.07, 6.45) is 1.49. The Balaban J connectivity index is 1.77. The normalized spacial score (nSPS) is 15.4. The van der Waals surface area contributed by atoms with Gasteiger partial charge in [-0.15, -0.1) is 0 Å². The molecule has 0 radical (unpaired) electrons. The minimum Gasteiger partial charge on any atom is -0.318 e. The second kappa shape index (κ2) is 8.91. The van der Waals surface area contributed by atoms with Crippen molar-refractivity contribution in [2.75, 3.05) is 4.90 Å². The maximum Gasteiger partial charge on any atom is 0.270 e.